The van der Waals surface area contributed by atoms with Gasteiger partial charge in [-0.2, -0.15) is 8.42 Å². The molecule has 1 N–H and O–H groups in total. The Labute approximate surface area is 99.4 Å². The summed E-state index contributed by atoms with van der Waals surface area (Å²) in [6.07, 6.45) is 1.05. The highest BCUT2D eigenvalue weighted by Gasteiger charge is 2.54. The zero-order chi connectivity index (χ0) is 12.7. The fourth-order valence-electron chi connectivity index (χ4n) is 1.94. The molecule has 8 heteroatoms. The third kappa shape index (κ3) is 2.88. The van der Waals surface area contributed by atoms with Gasteiger partial charge in [0.2, 0.25) is 0 Å². The molecule has 0 aromatic rings. The van der Waals surface area contributed by atoms with Crippen molar-refractivity contribution in [1.29, 1.82) is 0 Å². The van der Waals surface area contributed by atoms with Crippen LogP contribution < -0.4 is 0 Å². The molecular formula is C9H15NO6S. The molecule has 0 aromatic heterocycles. The van der Waals surface area contributed by atoms with Crippen LogP contribution in [0.2, 0.25) is 0 Å². The minimum Gasteiger partial charge on any atom is -0.465 e. The molecule has 98 valence electrons. The van der Waals surface area contributed by atoms with Crippen molar-refractivity contribution in [1.82, 2.24) is 4.90 Å². The number of rotatable bonds is 3. The van der Waals surface area contributed by atoms with Crippen molar-refractivity contribution in [3.8, 4) is 0 Å². The topological polar surface area (TPSA) is 93.1 Å². The van der Waals surface area contributed by atoms with Crippen LogP contribution in [0.3, 0.4) is 0 Å². The molecule has 1 aliphatic heterocycles. The molecule has 1 heterocycles. The minimum atomic E-state index is -3.52. The molecule has 0 unspecified atom stereocenters. The molecule has 0 bridgehead atoms. The molecule has 7 nitrogen and oxygen atoms in total. The zero-order valence-electron chi connectivity index (χ0n) is 9.46. The van der Waals surface area contributed by atoms with E-state index in [1.54, 1.807) is 0 Å². The van der Waals surface area contributed by atoms with E-state index < -0.39 is 22.3 Å². The lowest BCUT2D eigenvalue weighted by Crippen LogP contribution is -2.54. The number of ether oxygens (including phenoxy) is 1. The number of carbonyl (C=O) groups is 1. The summed E-state index contributed by atoms with van der Waals surface area (Å²) >= 11 is 0. The summed E-state index contributed by atoms with van der Waals surface area (Å²) in [4.78, 5) is 12.4. The van der Waals surface area contributed by atoms with Gasteiger partial charge < -0.3 is 9.84 Å². The molecule has 17 heavy (non-hydrogen) atoms. The number of amides is 1. The van der Waals surface area contributed by atoms with E-state index in [-0.39, 0.29) is 18.7 Å². The third-order valence-electron chi connectivity index (χ3n) is 3.07. The summed E-state index contributed by atoms with van der Waals surface area (Å²) in [5.41, 5.74) is -0.368. The van der Waals surface area contributed by atoms with E-state index in [9.17, 15) is 13.2 Å². The Kier molecular flexibility index (Phi) is 3.04. The second kappa shape index (κ2) is 4.11. The molecule has 2 fully saturated rings. The Bertz CT molecular complexity index is 415. The van der Waals surface area contributed by atoms with Crippen LogP contribution in [0.1, 0.15) is 12.8 Å². The summed E-state index contributed by atoms with van der Waals surface area (Å²) in [6, 6.07) is 0. The van der Waals surface area contributed by atoms with Crippen molar-refractivity contribution >= 4 is 16.2 Å². The van der Waals surface area contributed by atoms with Crippen LogP contribution in [0.15, 0.2) is 0 Å². The molecule has 1 aliphatic carbocycles. The normalized spacial score (nSPS) is 27.1. The van der Waals surface area contributed by atoms with Gasteiger partial charge in [-0.3, -0.25) is 9.08 Å². The van der Waals surface area contributed by atoms with Crippen LogP contribution in [0.25, 0.3) is 0 Å². The number of hydrogen-bond acceptors (Lipinski definition) is 5. The highest BCUT2D eigenvalue weighted by molar-refractivity contribution is 7.85. The third-order valence-corrected chi connectivity index (χ3v) is 3.64. The molecular weight excluding hydrogens is 250 g/mol. The molecule has 2 aliphatic rings. The van der Waals surface area contributed by atoms with Gasteiger partial charge in [0, 0.05) is 0 Å². The molecule has 1 amide bonds. The predicted octanol–water partition coefficient (Wildman–Crippen LogP) is -0.126. The van der Waals surface area contributed by atoms with Gasteiger partial charge in [0.25, 0.3) is 10.1 Å². The largest absolute Gasteiger partial charge is 0.465 e. The van der Waals surface area contributed by atoms with Crippen LogP contribution in [-0.2, 0) is 19.0 Å². The van der Waals surface area contributed by atoms with E-state index in [0.717, 1.165) is 19.1 Å². The van der Waals surface area contributed by atoms with E-state index in [0.29, 0.717) is 6.61 Å². The summed E-state index contributed by atoms with van der Waals surface area (Å²) in [5, 5.41) is 9.07. The lowest BCUT2D eigenvalue weighted by atomic mass is 10.1. The molecule has 0 radical (unpaired) electrons. The van der Waals surface area contributed by atoms with Crippen molar-refractivity contribution in [2.45, 2.75) is 24.5 Å². The lowest BCUT2D eigenvalue weighted by Gasteiger charge is -2.38. The Morgan fingerprint density at radius 3 is 2.71 bits per heavy atom. The Hall–Kier alpha value is -0.860. The number of hydrogen-bond donors (Lipinski definition) is 1. The van der Waals surface area contributed by atoms with Crippen LogP contribution in [0.5, 0.6) is 0 Å². The maximum absolute atomic E-state index is 11.1. The highest BCUT2D eigenvalue weighted by Crippen LogP contribution is 2.44. The average Bonchev–Trinajstić information content (AvgIpc) is 2.96. The fourth-order valence-corrected chi connectivity index (χ4v) is 2.34. The van der Waals surface area contributed by atoms with E-state index >= 15 is 0 Å². The van der Waals surface area contributed by atoms with E-state index in [1.165, 1.54) is 4.90 Å². The predicted molar refractivity (Wildman–Crippen MR) is 57.2 cm³/mol. The quantitative estimate of drug-likeness (QED) is 0.715. The number of nitrogens with zero attached hydrogens (tertiary/aromatic N) is 1. The molecule has 2 rings (SSSR count). The van der Waals surface area contributed by atoms with Gasteiger partial charge >= 0.3 is 6.09 Å². The van der Waals surface area contributed by atoms with Crippen molar-refractivity contribution in [2.75, 3.05) is 26.0 Å². The van der Waals surface area contributed by atoms with Gasteiger partial charge in [-0.05, 0) is 12.8 Å². The first-order chi connectivity index (χ1) is 7.82. The first kappa shape index (κ1) is 12.6. The smallest absolute Gasteiger partial charge is 0.407 e. The molecule has 1 saturated carbocycles. The van der Waals surface area contributed by atoms with Gasteiger partial charge in [-0.1, -0.05) is 0 Å². The number of carboxylic acid groups (broad SMARTS) is 1. The van der Waals surface area contributed by atoms with Gasteiger partial charge in [-0.15, -0.1) is 0 Å². The summed E-state index contributed by atoms with van der Waals surface area (Å²) in [5.74, 6) is 0. The van der Waals surface area contributed by atoms with Crippen molar-refractivity contribution in [2.24, 2.45) is 0 Å². The van der Waals surface area contributed by atoms with Gasteiger partial charge in [0.05, 0.1) is 31.6 Å². The van der Waals surface area contributed by atoms with Crippen LogP contribution in [-0.4, -0.2) is 62.2 Å². The monoisotopic (exact) mass is 265 g/mol. The summed E-state index contributed by atoms with van der Waals surface area (Å²) in [6.45, 7) is 0.334. The maximum atomic E-state index is 11.1. The SMILES string of the molecule is CS(=O)(=O)OC[C@H]1CN(C(=O)O)C2(CC2)CO1. The lowest BCUT2D eigenvalue weighted by molar-refractivity contribution is -0.0769. The van der Waals surface area contributed by atoms with Gasteiger partial charge in [0.15, 0.2) is 0 Å². The second-order valence-electron chi connectivity index (χ2n) is 4.54. The minimum absolute atomic E-state index is 0.140. The van der Waals surface area contributed by atoms with Crippen LogP contribution >= 0.6 is 0 Å². The highest BCUT2D eigenvalue weighted by atomic mass is 32.2. The molecule has 1 atom stereocenters. The summed E-state index contributed by atoms with van der Waals surface area (Å²) in [7, 11) is -3.52. The first-order valence-electron chi connectivity index (χ1n) is 5.29. The Morgan fingerprint density at radius 2 is 2.24 bits per heavy atom. The second-order valence-corrected chi connectivity index (χ2v) is 6.18. The van der Waals surface area contributed by atoms with Crippen molar-refractivity contribution < 1.29 is 27.2 Å². The molecule has 1 saturated heterocycles. The molecule has 0 aromatic carbocycles. The summed E-state index contributed by atoms with van der Waals surface area (Å²) < 4.78 is 31.7. The van der Waals surface area contributed by atoms with Gasteiger partial charge in [0.1, 0.15) is 6.10 Å². The standard InChI is InChI=1S/C9H15NO6S/c1-17(13,14)16-5-7-4-10(8(11)12)9(2-3-9)6-15-7/h7H,2-6H2,1H3,(H,11,12)/t7-/m1/s1. The van der Waals surface area contributed by atoms with Gasteiger partial charge in [-0.25, -0.2) is 4.79 Å². The van der Waals surface area contributed by atoms with Crippen molar-refractivity contribution in [3.05, 3.63) is 0 Å². The first-order valence-corrected chi connectivity index (χ1v) is 7.11. The fraction of sp³-hybridized carbons (Fsp3) is 0.889. The average molecular weight is 265 g/mol. The van der Waals surface area contributed by atoms with E-state index in [2.05, 4.69) is 4.18 Å². The van der Waals surface area contributed by atoms with E-state index in [1.807, 2.05) is 0 Å². The molecule has 1 spiro atoms. The number of morpholine rings is 1. The Morgan fingerprint density at radius 1 is 1.59 bits per heavy atom. The Balaban J connectivity index is 1.93. The van der Waals surface area contributed by atoms with E-state index in [4.69, 9.17) is 9.84 Å². The van der Waals surface area contributed by atoms with Crippen molar-refractivity contribution in [3.63, 3.8) is 0 Å². The maximum Gasteiger partial charge on any atom is 0.407 e. The van der Waals surface area contributed by atoms with Crippen LogP contribution in [0, 0.1) is 0 Å². The zero-order valence-corrected chi connectivity index (χ0v) is 10.3. The van der Waals surface area contributed by atoms with Crippen LogP contribution in [0.4, 0.5) is 4.79 Å².